The van der Waals surface area contributed by atoms with Crippen molar-refractivity contribution in [1.82, 2.24) is 14.6 Å². The molecule has 0 saturated carbocycles. The van der Waals surface area contributed by atoms with E-state index in [2.05, 4.69) is 10.1 Å². The van der Waals surface area contributed by atoms with Crippen LogP contribution in [0.3, 0.4) is 0 Å². The lowest BCUT2D eigenvalue weighted by molar-refractivity contribution is 0.0590. The topological polar surface area (TPSA) is 89.5 Å². The summed E-state index contributed by atoms with van der Waals surface area (Å²) in [7, 11) is 2.86. The van der Waals surface area contributed by atoms with Crippen LogP contribution in [-0.2, 0) is 4.74 Å². The molecular weight excluding hydrogens is 296 g/mol. The summed E-state index contributed by atoms with van der Waals surface area (Å²) < 4.78 is 11.3. The fourth-order valence-corrected chi connectivity index (χ4v) is 2.22. The van der Waals surface area contributed by atoms with Gasteiger partial charge in [-0.3, -0.25) is 0 Å². The normalized spacial score (nSPS) is 10.3. The number of hydrogen-bond donors (Lipinski definition) is 0. The molecule has 0 radical (unpaired) electrons. The molecule has 0 spiro atoms. The molecule has 0 N–H and O–H groups in total. The van der Waals surface area contributed by atoms with E-state index in [0.29, 0.717) is 17.1 Å². The first kappa shape index (κ1) is 14.5. The lowest BCUT2D eigenvalue weighted by Crippen LogP contribution is -2.10. The molecule has 7 heteroatoms. The molecule has 0 unspecified atom stereocenters. The molecule has 0 amide bonds. The van der Waals surface area contributed by atoms with E-state index in [-0.39, 0.29) is 11.3 Å². The Morgan fingerprint density at radius 2 is 2.13 bits per heavy atom. The van der Waals surface area contributed by atoms with Crippen LogP contribution >= 0.6 is 0 Å². The van der Waals surface area contributed by atoms with Crippen molar-refractivity contribution in [3.05, 3.63) is 47.8 Å². The highest BCUT2D eigenvalue weighted by Gasteiger charge is 2.18. The summed E-state index contributed by atoms with van der Waals surface area (Å²) in [5, 5.41) is 13.2. The minimum atomic E-state index is -0.561. The number of benzene rings is 1. The predicted molar refractivity (Wildman–Crippen MR) is 81.0 cm³/mol. The number of carbonyl (C=O) groups excluding carboxylic acids is 1. The quantitative estimate of drug-likeness (QED) is 0.688. The van der Waals surface area contributed by atoms with Crippen molar-refractivity contribution in [3.8, 4) is 23.1 Å². The van der Waals surface area contributed by atoms with Crippen LogP contribution in [0, 0.1) is 11.3 Å². The van der Waals surface area contributed by atoms with E-state index in [1.165, 1.54) is 17.8 Å². The fraction of sp³-hybridized carbons (Fsp3) is 0.125. The van der Waals surface area contributed by atoms with Crippen molar-refractivity contribution in [2.75, 3.05) is 14.2 Å². The van der Waals surface area contributed by atoms with Crippen LogP contribution in [0.4, 0.5) is 0 Å². The first-order chi connectivity index (χ1) is 11.2. The highest BCUT2D eigenvalue weighted by Crippen LogP contribution is 2.24. The first-order valence-electron chi connectivity index (χ1n) is 6.69. The van der Waals surface area contributed by atoms with Gasteiger partial charge in [-0.05, 0) is 18.2 Å². The zero-order valence-electron chi connectivity index (χ0n) is 12.5. The molecule has 0 saturated heterocycles. The molecule has 23 heavy (non-hydrogen) atoms. The van der Waals surface area contributed by atoms with Crippen LogP contribution in [0.15, 0.2) is 36.5 Å². The van der Waals surface area contributed by atoms with Crippen LogP contribution in [0.5, 0.6) is 5.75 Å². The van der Waals surface area contributed by atoms with Crippen molar-refractivity contribution in [2.24, 2.45) is 0 Å². The fourth-order valence-electron chi connectivity index (χ4n) is 2.22. The van der Waals surface area contributed by atoms with Crippen LogP contribution in [-0.4, -0.2) is 34.8 Å². The maximum Gasteiger partial charge on any atom is 0.356 e. The van der Waals surface area contributed by atoms with Gasteiger partial charge in [0.25, 0.3) is 0 Å². The Labute approximate surface area is 131 Å². The third-order valence-electron chi connectivity index (χ3n) is 3.35. The predicted octanol–water partition coefficient (Wildman–Crippen LogP) is 2.06. The number of aromatic nitrogens is 3. The molecule has 0 aliphatic rings. The van der Waals surface area contributed by atoms with Crippen molar-refractivity contribution in [3.63, 3.8) is 0 Å². The number of hydrogen-bond acceptors (Lipinski definition) is 6. The van der Waals surface area contributed by atoms with Crippen molar-refractivity contribution < 1.29 is 14.3 Å². The second-order valence-corrected chi connectivity index (χ2v) is 4.66. The highest BCUT2D eigenvalue weighted by atomic mass is 16.5. The standard InChI is InChI=1S/C16H12N4O3/c1-22-12-5-3-4-10(6-12)13-7-14(16(21)23-2)20-15(19-13)11(8-17)9-18-20/h3-7,9H,1-2H3. The number of fused-ring (bicyclic) bond motifs is 1. The molecule has 1 aromatic carbocycles. The Morgan fingerprint density at radius 3 is 2.83 bits per heavy atom. The summed E-state index contributed by atoms with van der Waals surface area (Å²) in [5.74, 6) is 0.104. The van der Waals surface area contributed by atoms with E-state index in [9.17, 15) is 10.1 Å². The molecule has 2 heterocycles. The number of esters is 1. The molecule has 114 valence electrons. The number of nitrogens with zero attached hydrogens (tertiary/aromatic N) is 4. The van der Waals surface area contributed by atoms with E-state index in [1.807, 2.05) is 24.3 Å². The summed E-state index contributed by atoms with van der Waals surface area (Å²) in [4.78, 5) is 16.5. The van der Waals surface area contributed by atoms with Crippen molar-refractivity contribution in [2.45, 2.75) is 0 Å². The largest absolute Gasteiger partial charge is 0.497 e. The Kier molecular flexibility index (Phi) is 3.65. The molecule has 0 atom stereocenters. The van der Waals surface area contributed by atoms with Crippen molar-refractivity contribution >= 4 is 11.6 Å². The monoisotopic (exact) mass is 308 g/mol. The smallest absolute Gasteiger partial charge is 0.356 e. The number of rotatable bonds is 3. The third-order valence-corrected chi connectivity index (χ3v) is 3.35. The van der Waals surface area contributed by atoms with E-state index < -0.39 is 5.97 Å². The molecular formula is C16H12N4O3. The lowest BCUT2D eigenvalue weighted by Gasteiger charge is -2.08. The molecule has 0 fully saturated rings. The molecule has 0 aliphatic heterocycles. The van der Waals surface area contributed by atoms with Gasteiger partial charge in [-0.1, -0.05) is 12.1 Å². The van der Waals surface area contributed by atoms with E-state index in [4.69, 9.17) is 9.47 Å². The average molecular weight is 308 g/mol. The molecule has 0 bridgehead atoms. The third kappa shape index (κ3) is 2.46. The Bertz CT molecular complexity index is 940. The number of ether oxygens (including phenoxy) is 2. The van der Waals surface area contributed by atoms with Gasteiger partial charge in [0.1, 0.15) is 17.4 Å². The summed E-state index contributed by atoms with van der Waals surface area (Å²) in [6.07, 6.45) is 1.37. The minimum absolute atomic E-state index is 0.191. The van der Waals surface area contributed by atoms with Crippen LogP contribution in [0.25, 0.3) is 16.9 Å². The maximum atomic E-state index is 12.0. The van der Waals surface area contributed by atoms with E-state index in [0.717, 1.165) is 5.56 Å². The van der Waals surface area contributed by atoms with Gasteiger partial charge < -0.3 is 9.47 Å². The second-order valence-electron chi connectivity index (χ2n) is 4.66. The highest BCUT2D eigenvalue weighted by molar-refractivity contribution is 5.90. The van der Waals surface area contributed by atoms with E-state index >= 15 is 0 Å². The molecule has 2 aromatic heterocycles. The van der Waals surface area contributed by atoms with Gasteiger partial charge in [-0.2, -0.15) is 10.4 Å². The van der Waals surface area contributed by atoms with Gasteiger partial charge in [-0.25, -0.2) is 14.3 Å². The van der Waals surface area contributed by atoms with Gasteiger partial charge in [-0.15, -0.1) is 0 Å². The van der Waals surface area contributed by atoms with Gasteiger partial charge in [0.05, 0.1) is 26.1 Å². The summed E-state index contributed by atoms with van der Waals surface area (Å²) in [6, 6.07) is 10.8. The van der Waals surface area contributed by atoms with Gasteiger partial charge in [0.2, 0.25) is 0 Å². The number of nitriles is 1. The Balaban J connectivity index is 2.29. The average Bonchev–Trinajstić information content (AvgIpc) is 3.03. The zero-order chi connectivity index (χ0) is 16.4. The molecule has 7 nitrogen and oxygen atoms in total. The van der Waals surface area contributed by atoms with Crippen molar-refractivity contribution in [1.29, 1.82) is 5.26 Å². The SMILES string of the molecule is COC(=O)c1cc(-c2cccc(OC)c2)nc2c(C#N)cnn12. The van der Waals surface area contributed by atoms with E-state index in [1.54, 1.807) is 19.2 Å². The second kappa shape index (κ2) is 5.77. The molecule has 3 aromatic rings. The number of carbonyl (C=O) groups is 1. The zero-order valence-corrected chi connectivity index (χ0v) is 12.5. The Morgan fingerprint density at radius 1 is 1.30 bits per heavy atom. The summed E-state index contributed by atoms with van der Waals surface area (Å²) in [5.41, 5.74) is 2.04. The minimum Gasteiger partial charge on any atom is -0.497 e. The summed E-state index contributed by atoms with van der Waals surface area (Å²) >= 11 is 0. The lowest BCUT2D eigenvalue weighted by atomic mass is 10.1. The maximum absolute atomic E-state index is 12.0. The Hall–Kier alpha value is -3.40. The van der Waals surface area contributed by atoms with Crippen LogP contribution in [0.2, 0.25) is 0 Å². The van der Waals surface area contributed by atoms with Gasteiger partial charge >= 0.3 is 5.97 Å². The first-order valence-corrected chi connectivity index (χ1v) is 6.69. The summed E-state index contributed by atoms with van der Waals surface area (Å²) in [6.45, 7) is 0. The van der Waals surface area contributed by atoms with Gasteiger partial charge in [0.15, 0.2) is 11.3 Å². The number of methoxy groups -OCH3 is 2. The molecule has 3 rings (SSSR count). The van der Waals surface area contributed by atoms with Crippen LogP contribution in [0.1, 0.15) is 16.1 Å². The molecule has 0 aliphatic carbocycles. The van der Waals surface area contributed by atoms with Gasteiger partial charge in [0, 0.05) is 5.56 Å². The van der Waals surface area contributed by atoms with Crippen LogP contribution < -0.4 is 4.74 Å².